The number of anilines is 1. The second-order valence-corrected chi connectivity index (χ2v) is 9.61. The van der Waals surface area contributed by atoms with Crippen molar-refractivity contribution >= 4 is 21.6 Å². The minimum absolute atomic E-state index is 0.146. The lowest BCUT2D eigenvalue weighted by Crippen LogP contribution is -2.42. The Morgan fingerprint density at radius 3 is 2.12 bits per heavy atom. The van der Waals surface area contributed by atoms with Crippen LogP contribution in [0, 0.1) is 0 Å². The number of sulfonamides is 1. The molecule has 0 saturated carbocycles. The average Bonchev–Trinajstić information content (AvgIpc) is 2.81. The highest BCUT2D eigenvalue weighted by Crippen LogP contribution is 2.35. The van der Waals surface area contributed by atoms with E-state index >= 15 is 0 Å². The summed E-state index contributed by atoms with van der Waals surface area (Å²) in [5.41, 5.74) is 1.17. The van der Waals surface area contributed by atoms with Crippen LogP contribution in [-0.2, 0) is 14.8 Å². The zero-order chi connectivity index (χ0) is 22.7. The van der Waals surface area contributed by atoms with E-state index in [1.54, 1.807) is 24.3 Å². The summed E-state index contributed by atoms with van der Waals surface area (Å²) < 4.78 is 48.8. The molecule has 2 aromatic rings. The Hall–Kier alpha value is -3.14. The third-order valence-electron chi connectivity index (χ3n) is 5.25. The molecule has 0 saturated heterocycles. The Labute approximate surface area is 187 Å². The number of carbonyl (C=O) groups excluding carboxylic acids is 1. The first-order chi connectivity index (χ1) is 15.4. The number of benzene rings is 2. The Kier molecular flexibility index (Phi) is 6.31. The maximum absolute atomic E-state index is 12.8. The molecule has 4 rings (SSSR count). The van der Waals surface area contributed by atoms with Crippen LogP contribution in [0.15, 0.2) is 36.4 Å². The van der Waals surface area contributed by atoms with Crippen LogP contribution < -0.4 is 28.6 Å². The first-order valence-electron chi connectivity index (χ1n) is 10.5. The van der Waals surface area contributed by atoms with E-state index in [1.807, 2.05) is 19.1 Å². The van der Waals surface area contributed by atoms with Gasteiger partial charge in [-0.05, 0) is 43.7 Å². The zero-order valence-corrected chi connectivity index (χ0v) is 18.8. The zero-order valence-electron chi connectivity index (χ0n) is 18.0. The van der Waals surface area contributed by atoms with Crippen molar-refractivity contribution in [3.05, 3.63) is 42.0 Å². The van der Waals surface area contributed by atoms with E-state index in [0.717, 1.165) is 9.87 Å². The second-order valence-electron chi connectivity index (χ2n) is 7.43. The summed E-state index contributed by atoms with van der Waals surface area (Å²) in [6.45, 7) is 4.79. The van der Waals surface area contributed by atoms with E-state index < -0.39 is 15.9 Å². The highest BCUT2D eigenvalue weighted by atomic mass is 32.2. The summed E-state index contributed by atoms with van der Waals surface area (Å²) in [4.78, 5) is 12.8. The fraction of sp³-hybridized carbons (Fsp3) is 0.409. The minimum atomic E-state index is -3.71. The molecule has 1 N–H and O–H groups in total. The number of fused-ring (bicyclic) bond motifs is 2. The maximum atomic E-state index is 12.8. The topological polar surface area (TPSA) is 103 Å². The van der Waals surface area contributed by atoms with Gasteiger partial charge in [0.25, 0.3) is 0 Å². The molecule has 32 heavy (non-hydrogen) atoms. The SMILES string of the molecule is CCS(=O)(=O)N(CC(=O)N[C@H](C)c1ccc2c(c1)OCCO2)c1ccc2c(c1)OCCO2. The largest absolute Gasteiger partial charge is 0.486 e. The molecule has 9 nitrogen and oxygen atoms in total. The summed E-state index contributed by atoms with van der Waals surface area (Å²) in [5, 5.41) is 2.86. The third kappa shape index (κ3) is 4.69. The van der Waals surface area contributed by atoms with Gasteiger partial charge >= 0.3 is 0 Å². The van der Waals surface area contributed by atoms with Crippen molar-refractivity contribution in [3.63, 3.8) is 0 Å². The molecular formula is C22H26N2O7S. The van der Waals surface area contributed by atoms with Crippen LogP contribution in [0.2, 0.25) is 0 Å². The molecule has 2 heterocycles. The first kappa shape index (κ1) is 22.1. The summed E-state index contributed by atoms with van der Waals surface area (Å²) in [6.07, 6.45) is 0. The standard InChI is InChI=1S/C22H26N2O7S/c1-3-32(26,27)24(17-5-7-19-21(13-17)31-11-9-29-19)14-22(25)23-15(2)16-4-6-18-20(12-16)30-10-8-28-18/h4-7,12-13,15H,3,8-11,14H2,1-2H3,(H,23,25)/t15-/m1/s1. The Morgan fingerprint density at radius 2 is 1.50 bits per heavy atom. The van der Waals surface area contributed by atoms with Gasteiger partial charge in [0, 0.05) is 6.07 Å². The molecule has 0 radical (unpaired) electrons. The number of rotatable bonds is 7. The van der Waals surface area contributed by atoms with E-state index in [1.165, 1.54) is 6.92 Å². The Balaban J connectivity index is 1.50. The molecule has 2 aliphatic heterocycles. The van der Waals surface area contributed by atoms with Gasteiger partial charge in [0.05, 0.1) is 17.5 Å². The van der Waals surface area contributed by atoms with Crippen molar-refractivity contribution in [2.75, 3.05) is 43.0 Å². The minimum Gasteiger partial charge on any atom is -0.486 e. The average molecular weight is 463 g/mol. The number of hydrogen-bond donors (Lipinski definition) is 1. The third-order valence-corrected chi connectivity index (χ3v) is 6.99. The fourth-order valence-corrected chi connectivity index (χ4v) is 4.58. The van der Waals surface area contributed by atoms with Crippen molar-refractivity contribution in [2.24, 2.45) is 0 Å². The van der Waals surface area contributed by atoms with Gasteiger partial charge in [0.1, 0.15) is 33.0 Å². The van der Waals surface area contributed by atoms with E-state index in [9.17, 15) is 13.2 Å². The summed E-state index contributed by atoms with van der Waals surface area (Å²) in [5.74, 6) is 1.71. The van der Waals surface area contributed by atoms with E-state index in [0.29, 0.717) is 55.1 Å². The summed E-state index contributed by atoms with van der Waals surface area (Å²) >= 11 is 0. The maximum Gasteiger partial charge on any atom is 0.241 e. The van der Waals surface area contributed by atoms with Crippen LogP contribution >= 0.6 is 0 Å². The molecule has 2 aromatic carbocycles. The number of nitrogens with one attached hydrogen (secondary N) is 1. The molecule has 172 valence electrons. The van der Waals surface area contributed by atoms with E-state index in [-0.39, 0.29) is 18.3 Å². The molecule has 1 amide bonds. The van der Waals surface area contributed by atoms with Crippen LogP contribution in [0.25, 0.3) is 0 Å². The van der Waals surface area contributed by atoms with Gasteiger partial charge in [0.2, 0.25) is 15.9 Å². The van der Waals surface area contributed by atoms with Crippen LogP contribution in [-0.4, -0.2) is 53.1 Å². The van der Waals surface area contributed by atoms with Crippen LogP contribution in [0.5, 0.6) is 23.0 Å². The molecule has 0 aromatic heterocycles. The van der Waals surface area contributed by atoms with E-state index in [4.69, 9.17) is 18.9 Å². The molecule has 0 unspecified atom stereocenters. The molecule has 0 fully saturated rings. The molecule has 0 aliphatic carbocycles. The predicted octanol–water partition coefficient (Wildman–Crippen LogP) is 2.26. The van der Waals surface area contributed by atoms with Crippen LogP contribution in [0.3, 0.4) is 0 Å². The van der Waals surface area contributed by atoms with Crippen molar-refractivity contribution in [1.29, 1.82) is 0 Å². The normalized spacial score (nSPS) is 15.6. The van der Waals surface area contributed by atoms with Gasteiger partial charge in [-0.15, -0.1) is 0 Å². The van der Waals surface area contributed by atoms with Crippen molar-refractivity contribution < 1.29 is 32.2 Å². The smallest absolute Gasteiger partial charge is 0.241 e. The van der Waals surface area contributed by atoms with Gasteiger partial charge < -0.3 is 24.3 Å². The molecule has 1 atom stereocenters. The fourth-order valence-electron chi connectivity index (χ4n) is 3.52. The lowest BCUT2D eigenvalue weighted by Gasteiger charge is -2.26. The first-order valence-corrected chi connectivity index (χ1v) is 12.1. The van der Waals surface area contributed by atoms with Gasteiger partial charge in [-0.2, -0.15) is 0 Å². The molecule has 0 spiro atoms. The number of ether oxygens (including phenoxy) is 4. The van der Waals surface area contributed by atoms with Gasteiger partial charge in [0.15, 0.2) is 23.0 Å². The lowest BCUT2D eigenvalue weighted by molar-refractivity contribution is -0.120. The monoisotopic (exact) mass is 462 g/mol. The number of hydrogen-bond acceptors (Lipinski definition) is 7. The van der Waals surface area contributed by atoms with Crippen LogP contribution in [0.4, 0.5) is 5.69 Å². The molecule has 2 aliphatic rings. The number of carbonyl (C=O) groups is 1. The van der Waals surface area contributed by atoms with Gasteiger partial charge in [-0.1, -0.05) is 6.07 Å². The quantitative estimate of drug-likeness (QED) is 0.673. The van der Waals surface area contributed by atoms with Crippen molar-refractivity contribution in [3.8, 4) is 23.0 Å². The Bertz CT molecular complexity index is 1100. The van der Waals surface area contributed by atoms with Crippen molar-refractivity contribution in [2.45, 2.75) is 19.9 Å². The van der Waals surface area contributed by atoms with E-state index in [2.05, 4.69) is 5.32 Å². The number of nitrogens with zero attached hydrogens (tertiary/aromatic N) is 1. The highest BCUT2D eigenvalue weighted by molar-refractivity contribution is 7.92. The molecule has 10 heteroatoms. The highest BCUT2D eigenvalue weighted by Gasteiger charge is 2.26. The van der Waals surface area contributed by atoms with Crippen LogP contribution in [0.1, 0.15) is 25.5 Å². The molecular weight excluding hydrogens is 436 g/mol. The number of amides is 1. The molecule has 0 bridgehead atoms. The summed E-state index contributed by atoms with van der Waals surface area (Å²) in [7, 11) is -3.71. The Morgan fingerprint density at radius 1 is 0.938 bits per heavy atom. The second kappa shape index (κ2) is 9.15. The predicted molar refractivity (Wildman–Crippen MR) is 118 cm³/mol. The summed E-state index contributed by atoms with van der Waals surface area (Å²) in [6, 6.07) is 9.95. The van der Waals surface area contributed by atoms with Gasteiger partial charge in [-0.25, -0.2) is 8.42 Å². The van der Waals surface area contributed by atoms with Crippen molar-refractivity contribution in [1.82, 2.24) is 5.32 Å². The van der Waals surface area contributed by atoms with Gasteiger partial charge in [-0.3, -0.25) is 9.10 Å². The lowest BCUT2D eigenvalue weighted by atomic mass is 10.1.